The minimum Gasteiger partial charge on any atom is -0.508 e. The van der Waals surface area contributed by atoms with Gasteiger partial charge < -0.3 is 29.6 Å². The van der Waals surface area contributed by atoms with Crippen LogP contribution in [0.15, 0.2) is 152 Å². The SMILES string of the molecule is COCCOC(=O)N1C(=O)[C@@]2(c3cc(C#CCn4nnc5ccccc54)ccc31)[C@H](c1ccc(O)cc1)N1[C@H](c3ccccc3)[C@H](c3ccccc3)OC(=O)[C@H]1[C@@H]2C(=O)NCc1nc2ccccc2[nH]1. The summed E-state index contributed by atoms with van der Waals surface area (Å²) in [5.74, 6) is 3.00. The molecule has 8 aromatic rings. The summed E-state index contributed by atoms with van der Waals surface area (Å²) in [6, 6.07) is 41.7. The zero-order valence-electron chi connectivity index (χ0n) is 37.6. The van der Waals surface area contributed by atoms with Gasteiger partial charge in [-0.15, -0.1) is 5.10 Å². The first kappa shape index (κ1) is 43.9. The predicted octanol–water partition coefficient (Wildman–Crippen LogP) is 6.83. The van der Waals surface area contributed by atoms with Crippen molar-refractivity contribution in [1.82, 2.24) is 35.2 Å². The number of aromatic hydroxyl groups is 1. The molecule has 6 aromatic carbocycles. The number of imide groups is 1. The fourth-order valence-corrected chi connectivity index (χ4v) is 10.5. The monoisotopic (exact) mass is 932 g/mol. The molecule has 0 bridgehead atoms. The maximum atomic E-state index is 16.4. The largest absolute Gasteiger partial charge is 0.508 e. The van der Waals surface area contributed by atoms with E-state index in [9.17, 15) is 9.90 Å². The predicted molar refractivity (Wildman–Crippen MR) is 256 cm³/mol. The third kappa shape index (κ3) is 7.39. The number of rotatable bonds is 10. The Morgan fingerprint density at radius 1 is 0.814 bits per heavy atom. The Morgan fingerprint density at radius 3 is 2.29 bits per heavy atom. The fraction of sp³-hybridized carbons (Fsp3) is 0.204. The Labute approximate surface area is 400 Å². The molecule has 1 spiro atoms. The number of phenolic OH excluding ortho intramolecular Hbond substituents is 1. The van der Waals surface area contributed by atoms with Crippen LogP contribution >= 0.6 is 0 Å². The number of carbonyl (C=O) groups excluding carboxylic acids is 4. The van der Waals surface area contributed by atoms with Crippen molar-refractivity contribution in [3.8, 4) is 17.6 Å². The van der Waals surface area contributed by atoms with E-state index in [1.165, 1.54) is 19.2 Å². The number of fused-ring (bicyclic) bond motifs is 5. The van der Waals surface area contributed by atoms with Crippen LogP contribution in [0.5, 0.6) is 5.75 Å². The quantitative estimate of drug-likeness (QED) is 0.0737. The van der Waals surface area contributed by atoms with Crippen molar-refractivity contribution in [2.75, 3.05) is 25.2 Å². The van der Waals surface area contributed by atoms with Crippen LogP contribution in [0.4, 0.5) is 10.5 Å². The Balaban J connectivity index is 1.15. The van der Waals surface area contributed by atoms with Crippen LogP contribution < -0.4 is 10.2 Å². The minimum atomic E-state index is -2.08. The molecule has 3 aliphatic rings. The number of cyclic esters (lactones) is 1. The highest BCUT2D eigenvalue weighted by molar-refractivity contribution is 6.23. The van der Waals surface area contributed by atoms with E-state index in [0.29, 0.717) is 33.5 Å². The maximum absolute atomic E-state index is 16.4. The molecule has 0 aliphatic carbocycles. The van der Waals surface area contributed by atoms with Crippen LogP contribution in [0.1, 0.15) is 51.8 Å². The van der Waals surface area contributed by atoms with Gasteiger partial charge >= 0.3 is 12.1 Å². The van der Waals surface area contributed by atoms with Gasteiger partial charge in [-0.1, -0.05) is 114 Å². The molecule has 3 amide bonds. The van der Waals surface area contributed by atoms with Gasteiger partial charge in [0.05, 0.1) is 53.4 Å². The third-order valence-electron chi connectivity index (χ3n) is 13.4. The number of aromatic nitrogens is 5. The van der Waals surface area contributed by atoms with E-state index in [0.717, 1.165) is 21.5 Å². The number of anilines is 1. The van der Waals surface area contributed by atoms with Crippen molar-refractivity contribution < 1.29 is 38.5 Å². The summed E-state index contributed by atoms with van der Waals surface area (Å²) in [5.41, 5.74) is 3.60. The number of morpholine rings is 1. The van der Waals surface area contributed by atoms with E-state index in [2.05, 4.69) is 32.5 Å². The normalized spacial score (nSPS) is 21.6. The molecule has 11 rings (SSSR count). The first-order valence-electron chi connectivity index (χ1n) is 22.8. The summed E-state index contributed by atoms with van der Waals surface area (Å²) in [5, 5.41) is 22.4. The second kappa shape index (κ2) is 18.1. The lowest BCUT2D eigenvalue weighted by molar-refractivity contribution is -0.178. The van der Waals surface area contributed by atoms with Crippen molar-refractivity contribution >= 4 is 51.6 Å². The minimum absolute atomic E-state index is 0.0473. The Kier molecular flexibility index (Phi) is 11.4. The number of methoxy groups -OCH3 is 1. The molecule has 2 fully saturated rings. The van der Waals surface area contributed by atoms with E-state index in [4.69, 9.17) is 19.2 Å². The maximum Gasteiger partial charge on any atom is 0.421 e. The van der Waals surface area contributed by atoms with Crippen LogP contribution in [0, 0.1) is 17.8 Å². The van der Waals surface area contributed by atoms with E-state index in [-0.39, 0.29) is 43.3 Å². The molecule has 2 saturated heterocycles. The van der Waals surface area contributed by atoms with Gasteiger partial charge in [0, 0.05) is 12.7 Å². The molecule has 16 heteroatoms. The number of nitrogens with zero attached hydrogens (tertiary/aromatic N) is 6. The molecule has 0 radical (unpaired) electrons. The molecule has 0 unspecified atom stereocenters. The number of imidazole rings is 1. The number of aromatic amines is 1. The molecule has 0 saturated carbocycles. The zero-order chi connectivity index (χ0) is 47.9. The van der Waals surface area contributed by atoms with Gasteiger partial charge in [0.25, 0.3) is 0 Å². The number of H-pyrrole nitrogens is 1. The molecule has 3 aliphatic heterocycles. The number of ether oxygens (including phenoxy) is 3. The molecule has 70 heavy (non-hydrogen) atoms. The number of hydrogen-bond acceptors (Lipinski definition) is 12. The van der Waals surface area contributed by atoms with Crippen molar-refractivity contribution in [1.29, 1.82) is 0 Å². The molecule has 2 aromatic heterocycles. The van der Waals surface area contributed by atoms with Crippen LogP contribution in [0.2, 0.25) is 0 Å². The molecular weight excluding hydrogens is 889 g/mol. The highest BCUT2D eigenvalue weighted by Crippen LogP contribution is 2.66. The van der Waals surface area contributed by atoms with Crippen molar-refractivity contribution in [2.24, 2.45) is 5.92 Å². The highest BCUT2D eigenvalue weighted by atomic mass is 16.6. The van der Waals surface area contributed by atoms with Gasteiger partial charge in [0.15, 0.2) is 0 Å². The number of para-hydroxylation sites is 3. The molecule has 6 atom stereocenters. The van der Waals surface area contributed by atoms with Gasteiger partial charge in [-0.25, -0.2) is 19.4 Å². The zero-order valence-corrected chi connectivity index (χ0v) is 37.6. The van der Waals surface area contributed by atoms with Gasteiger partial charge in [-0.2, -0.15) is 0 Å². The van der Waals surface area contributed by atoms with Crippen molar-refractivity contribution in [3.63, 3.8) is 0 Å². The first-order chi connectivity index (χ1) is 34.3. The molecule has 3 N–H and O–H groups in total. The lowest BCUT2D eigenvalue weighted by Crippen LogP contribution is -2.55. The highest BCUT2D eigenvalue weighted by Gasteiger charge is 2.75. The molecule has 16 nitrogen and oxygen atoms in total. The number of benzene rings is 6. The summed E-state index contributed by atoms with van der Waals surface area (Å²) in [6.45, 7) is -0.0664. The lowest BCUT2D eigenvalue weighted by Gasteiger charge is -2.46. The summed E-state index contributed by atoms with van der Waals surface area (Å²) >= 11 is 0. The smallest absolute Gasteiger partial charge is 0.421 e. The Bertz CT molecular complexity index is 3330. The van der Waals surface area contributed by atoms with E-state index >= 15 is 14.4 Å². The standard InChI is InChI=1S/C54H44N8O8/c1-68-29-30-69-53(67)61-42-27-22-33(13-12-28-60-43-21-11-10-20-41(43)58-59-60)31-38(42)54(52(61)66)45(50(64)55-32-44-56-39-18-8-9-19-40(39)57-44)47-51(65)70-48(35-16-6-3-7-17-35)46(34-14-4-2-5-15-34)62(47)49(54)36-23-25-37(63)26-24-36/h2-11,14-27,31,45-49,63H,28-30,32H2,1H3,(H,55,64)(H,56,57)/t45-,46-,47-,48+,49+,54-/m1/s1. The van der Waals surface area contributed by atoms with Crippen molar-refractivity contribution in [2.45, 2.75) is 42.7 Å². The average molecular weight is 933 g/mol. The summed E-state index contributed by atoms with van der Waals surface area (Å²) in [4.78, 5) is 72.9. The van der Waals surface area contributed by atoms with E-state index < -0.39 is 59.4 Å². The number of nitrogens with one attached hydrogen (secondary N) is 2. The Morgan fingerprint density at radius 2 is 1.53 bits per heavy atom. The third-order valence-corrected chi connectivity index (χ3v) is 13.4. The summed E-state index contributed by atoms with van der Waals surface area (Å²) < 4.78 is 19.1. The molecule has 348 valence electrons. The molecule has 5 heterocycles. The Hall–Kier alpha value is -8.65. The lowest BCUT2D eigenvalue weighted by atomic mass is 9.65. The number of carbonyl (C=O) groups is 4. The van der Waals surface area contributed by atoms with E-state index in [1.54, 1.807) is 35.0 Å². The molecular formula is C54H44N8O8. The number of esters is 1. The van der Waals surface area contributed by atoms with Gasteiger partial charge in [-0.3, -0.25) is 19.3 Å². The van der Waals surface area contributed by atoms with Gasteiger partial charge in [-0.05, 0) is 76.9 Å². The number of hydrogen-bond donors (Lipinski definition) is 3. The average Bonchev–Trinajstić information content (AvgIpc) is 4.15. The van der Waals surface area contributed by atoms with Crippen LogP contribution in [-0.4, -0.2) is 85.2 Å². The summed E-state index contributed by atoms with van der Waals surface area (Å²) in [6.07, 6.45) is -1.94. The second-order valence-corrected chi connectivity index (χ2v) is 17.3. The van der Waals surface area contributed by atoms with Crippen LogP contribution in [0.25, 0.3) is 22.1 Å². The van der Waals surface area contributed by atoms with Gasteiger partial charge in [0.1, 0.15) is 47.8 Å². The fourth-order valence-electron chi connectivity index (χ4n) is 10.5. The van der Waals surface area contributed by atoms with E-state index in [1.807, 2.05) is 114 Å². The second-order valence-electron chi connectivity index (χ2n) is 17.3. The van der Waals surface area contributed by atoms with Crippen molar-refractivity contribution in [3.05, 3.63) is 185 Å². The van der Waals surface area contributed by atoms with Crippen LogP contribution in [-0.2, 0) is 47.1 Å². The van der Waals surface area contributed by atoms with Crippen LogP contribution in [0.3, 0.4) is 0 Å². The topological polar surface area (TPSA) is 194 Å². The summed E-state index contributed by atoms with van der Waals surface area (Å²) in [7, 11) is 1.46. The first-order valence-corrected chi connectivity index (χ1v) is 22.8. The number of amides is 3. The number of phenols is 1. The van der Waals surface area contributed by atoms with Gasteiger partial charge in [0.2, 0.25) is 11.8 Å².